The van der Waals surface area contributed by atoms with E-state index in [9.17, 15) is 23.3 Å². The Hall–Kier alpha value is -2.00. The van der Waals surface area contributed by atoms with Gasteiger partial charge >= 0.3 is 5.97 Å². The van der Waals surface area contributed by atoms with Crippen LogP contribution < -0.4 is 0 Å². The molecule has 21 heavy (non-hydrogen) atoms. The van der Waals surface area contributed by atoms with E-state index in [-0.39, 0.29) is 13.0 Å². The molecule has 0 saturated carbocycles. The summed E-state index contributed by atoms with van der Waals surface area (Å²) in [6.45, 7) is 2.91. The highest BCUT2D eigenvalue weighted by atomic mass is 32.2. The summed E-state index contributed by atoms with van der Waals surface area (Å²) in [6.07, 6.45) is -0.377. The molecule has 116 valence electrons. The van der Waals surface area contributed by atoms with Crippen LogP contribution in [0.25, 0.3) is 0 Å². The second-order valence-electron chi connectivity index (χ2n) is 4.58. The van der Waals surface area contributed by atoms with Crippen LogP contribution in [0.1, 0.15) is 20.3 Å². The smallest absolute Gasteiger partial charge is 0.304 e. The molecule has 0 amide bonds. The van der Waals surface area contributed by atoms with E-state index in [0.717, 1.165) is 16.4 Å². The number of nitro groups is 1. The number of nitrogens with zero attached hydrogens (tertiary/aromatic N) is 2. The lowest BCUT2D eigenvalue weighted by Gasteiger charge is -2.25. The van der Waals surface area contributed by atoms with Crippen molar-refractivity contribution in [2.75, 3.05) is 6.54 Å². The number of sulfonamides is 1. The van der Waals surface area contributed by atoms with Crippen molar-refractivity contribution < 1.29 is 23.2 Å². The predicted octanol–water partition coefficient (Wildman–Crippen LogP) is 1.47. The molecule has 1 N–H and O–H groups in total. The molecule has 0 unspecified atom stereocenters. The van der Waals surface area contributed by atoms with Gasteiger partial charge < -0.3 is 5.11 Å². The van der Waals surface area contributed by atoms with Crippen molar-refractivity contribution in [3.8, 4) is 0 Å². The van der Waals surface area contributed by atoms with Crippen molar-refractivity contribution in [3.63, 3.8) is 0 Å². The first-order chi connectivity index (χ1) is 9.67. The van der Waals surface area contributed by atoms with Crippen molar-refractivity contribution >= 4 is 21.7 Å². The minimum absolute atomic E-state index is 0.249. The lowest BCUT2D eigenvalue weighted by Crippen LogP contribution is -2.38. The summed E-state index contributed by atoms with van der Waals surface area (Å²) < 4.78 is 26.0. The predicted molar refractivity (Wildman–Crippen MR) is 74.4 cm³/mol. The monoisotopic (exact) mass is 316 g/mol. The summed E-state index contributed by atoms with van der Waals surface area (Å²) in [6, 6.07) is 4.48. The van der Waals surface area contributed by atoms with Crippen LogP contribution in [0.3, 0.4) is 0 Å². The maximum Gasteiger partial charge on any atom is 0.304 e. The normalized spacial score (nSPS) is 11.8. The second kappa shape index (κ2) is 6.64. The van der Waals surface area contributed by atoms with Gasteiger partial charge in [0.15, 0.2) is 4.90 Å². The molecule has 1 aromatic carbocycles. The van der Waals surface area contributed by atoms with Crippen LogP contribution >= 0.6 is 0 Å². The number of carbonyl (C=O) groups is 1. The summed E-state index contributed by atoms with van der Waals surface area (Å²) in [5.74, 6) is -1.14. The minimum Gasteiger partial charge on any atom is -0.481 e. The van der Waals surface area contributed by atoms with Crippen LogP contribution in [0.5, 0.6) is 0 Å². The highest BCUT2D eigenvalue weighted by molar-refractivity contribution is 7.89. The molecule has 1 rings (SSSR count). The molecule has 0 heterocycles. The molecule has 0 atom stereocenters. The van der Waals surface area contributed by atoms with Gasteiger partial charge in [-0.15, -0.1) is 0 Å². The molecule has 8 nitrogen and oxygen atoms in total. The average Bonchev–Trinajstić information content (AvgIpc) is 2.37. The van der Waals surface area contributed by atoms with Gasteiger partial charge in [-0.2, -0.15) is 4.31 Å². The lowest BCUT2D eigenvalue weighted by molar-refractivity contribution is -0.387. The van der Waals surface area contributed by atoms with Crippen LogP contribution in [0.2, 0.25) is 0 Å². The molecule has 0 aliphatic rings. The Kier molecular flexibility index (Phi) is 5.39. The molecule has 0 radical (unpaired) electrons. The molecule has 0 spiro atoms. The second-order valence-corrected chi connectivity index (χ2v) is 6.44. The van der Waals surface area contributed by atoms with Crippen molar-refractivity contribution in [3.05, 3.63) is 34.4 Å². The third-order valence-corrected chi connectivity index (χ3v) is 4.89. The number of hydrogen-bond acceptors (Lipinski definition) is 5. The van der Waals surface area contributed by atoms with E-state index in [1.54, 1.807) is 13.8 Å². The number of aliphatic carboxylic acids is 1. The molecule has 0 aliphatic heterocycles. The van der Waals surface area contributed by atoms with Gasteiger partial charge in [-0.05, 0) is 19.9 Å². The Labute approximate surface area is 122 Å². The zero-order valence-corrected chi connectivity index (χ0v) is 12.4. The van der Waals surface area contributed by atoms with Crippen molar-refractivity contribution in [2.45, 2.75) is 31.2 Å². The van der Waals surface area contributed by atoms with Gasteiger partial charge in [0.1, 0.15) is 0 Å². The summed E-state index contributed by atoms with van der Waals surface area (Å²) in [5, 5.41) is 19.6. The van der Waals surface area contributed by atoms with Gasteiger partial charge in [0.05, 0.1) is 11.3 Å². The number of carboxylic acid groups (broad SMARTS) is 1. The standard InChI is InChI=1S/C12H16N2O6S/c1-9(2)13(8-7-12(15)16)21(19,20)11-6-4-3-5-10(11)14(17)18/h3-6,9H,7-8H2,1-2H3,(H,15,16). The first-order valence-corrected chi connectivity index (χ1v) is 7.59. The summed E-state index contributed by atoms with van der Waals surface area (Å²) in [4.78, 5) is 20.4. The maximum absolute atomic E-state index is 12.5. The fourth-order valence-electron chi connectivity index (χ4n) is 1.81. The number of carboxylic acids is 1. The average molecular weight is 316 g/mol. The largest absolute Gasteiger partial charge is 0.481 e. The number of nitro benzene ring substituents is 1. The summed E-state index contributed by atoms with van der Waals surface area (Å²) in [7, 11) is -4.14. The zero-order chi connectivity index (χ0) is 16.2. The van der Waals surface area contributed by atoms with Crippen LogP contribution in [0.4, 0.5) is 5.69 Å². The van der Waals surface area contributed by atoms with Crippen molar-refractivity contribution in [1.82, 2.24) is 4.31 Å². The molecule has 0 aromatic heterocycles. The minimum atomic E-state index is -4.14. The molecular formula is C12H16N2O6S. The molecule has 0 fully saturated rings. The van der Waals surface area contributed by atoms with Gasteiger partial charge in [0.2, 0.25) is 10.0 Å². The van der Waals surface area contributed by atoms with E-state index in [2.05, 4.69) is 0 Å². The van der Waals surface area contributed by atoms with E-state index >= 15 is 0 Å². The van der Waals surface area contributed by atoms with Crippen molar-refractivity contribution in [1.29, 1.82) is 0 Å². The van der Waals surface area contributed by atoms with E-state index < -0.39 is 37.5 Å². The SMILES string of the molecule is CC(C)N(CCC(=O)O)S(=O)(=O)c1ccccc1[N+](=O)[O-]. The molecule has 9 heteroatoms. The topological polar surface area (TPSA) is 118 Å². The van der Waals surface area contributed by atoms with Crippen molar-refractivity contribution in [2.24, 2.45) is 0 Å². The Bertz CT molecular complexity index is 641. The van der Waals surface area contributed by atoms with Gasteiger partial charge in [0, 0.05) is 18.7 Å². The van der Waals surface area contributed by atoms with Crippen LogP contribution in [-0.4, -0.2) is 41.3 Å². The molecule has 0 aliphatic carbocycles. The molecule has 0 saturated heterocycles. The number of hydrogen-bond donors (Lipinski definition) is 1. The maximum atomic E-state index is 12.5. The Morgan fingerprint density at radius 3 is 2.43 bits per heavy atom. The van der Waals surface area contributed by atoms with E-state index in [0.29, 0.717) is 0 Å². The highest BCUT2D eigenvalue weighted by Crippen LogP contribution is 2.27. The summed E-state index contributed by atoms with van der Waals surface area (Å²) >= 11 is 0. The Balaban J connectivity index is 3.30. The van der Waals surface area contributed by atoms with E-state index in [4.69, 9.17) is 5.11 Å². The summed E-state index contributed by atoms with van der Waals surface area (Å²) in [5.41, 5.74) is -0.529. The van der Waals surface area contributed by atoms with Gasteiger partial charge in [-0.3, -0.25) is 14.9 Å². The van der Waals surface area contributed by atoms with E-state index in [1.165, 1.54) is 12.1 Å². The van der Waals surface area contributed by atoms with E-state index in [1.807, 2.05) is 0 Å². The van der Waals surface area contributed by atoms with Gasteiger partial charge in [-0.25, -0.2) is 8.42 Å². The first-order valence-electron chi connectivity index (χ1n) is 6.15. The quantitative estimate of drug-likeness (QED) is 0.601. The van der Waals surface area contributed by atoms with Gasteiger partial charge in [0.25, 0.3) is 5.69 Å². The fourth-order valence-corrected chi connectivity index (χ4v) is 3.61. The first kappa shape index (κ1) is 17.1. The highest BCUT2D eigenvalue weighted by Gasteiger charge is 2.33. The van der Waals surface area contributed by atoms with Gasteiger partial charge in [-0.1, -0.05) is 12.1 Å². The number of rotatable bonds is 7. The molecule has 0 bridgehead atoms. The Morgan fingerprint density at radius 2 is 1.95 bits per heavy atom. The van der Waals surface area contributed by atoms with Crippen LogP contribution in [-0.2, 0) is 14.8 Å². The number of para-hydroxylation sites is 1. The third kappa shape index (κ3) is 3.99. The molecular weight excluding hydrogens is 300 g/mol. The fraction of sp³-hybridized carbons (Fsp3) is 0.417. The van der Waals surface area contributed by atoms with Crippen LogP contribution in [0.15, 0.2) is 29.2 Å². The molecule has 1 aromatic rings. The van der Waals surface area contributed by atoms with Crippen LogP contribution in [0, 0.1) is 10.1 Å². The third-order valence-electron chi connectivity index (χ3n) is 2.77. The number of benzene rings is 1. The zero-order valence-electron chi connectivity index (χ0n) is 11.6. The Morgan fingerprint density at radius 1 is 1.38 bits per heavy atom. The lowest BCUT2D eigenvalue weighted by atomic mass is 10.3.